The predicted molar refractivity (Wildman–Crippen MR) is 119 cm³/mol. The monoisotopic (exact) mass is 420 g/mol. The molecule has 0 fully saturated rings. The summed E-state index contributed by atoms with van der Waals surface area (Å²) in [6, 6.07) is 20.8. The molecule has 0 spiro atoms. The van der Waals surface area contributed by atoms with Crippen LogP contribution in [0.1, 0.15) is 17.3 Å². The van der Waals surface area contributed by atoms with Crippen molar-refractivity contribution in [2.75, 3.05) is 24.9 Å². The average molecular weight is 420 g/mol. The Labute approximate surface area is 180 Å². The molecule has 3 rings (SSSR count). The molecule has 3 aromatic carbocycles. The van der Waals surface area contributed by atoms with E-state index in [-0.39, 0.29) is 11.8 Å². The van der Waals surface area contributed by atoms with E-state index in [1.807, 2.05) is 18.2 Å². The molecule has 0 saturated carbocycles. The molecule has 0 aliphatic rings. The molecule has 7 nitrogen and oxygen atoms in total. The van der Waals surface area contributed by atoms with Gasteiger partial charge in [0, 0.05) is 5.56 Å². The number of rotatable bonds is 8. The lowest BCUT2D eigenvalue weighted by molar-refractivity contribution is -0.122. The molecule has 0 bridgehead atoms. The number of para-hydroxylation sites is 4. The second kappa shape index (κ2) is 10.2. The van der Waals surface area contributed by atoms with E-state index in [0.29, 0.717) is 34.2 Å². The highest BCUT2D eigenvalue weighted by atomic mass is 16.5. The summed E-state index contributed by atoms with van der Waals surface area (Å²) in [6.07, 6.45) is -0.752. The van der Waals surface area contributed by atoms with Gasteiger partial charge in [-0.3, -0.25) is 9.59 Å². The number of amides is 2. The van der Waals surface area contributed by atoms with Crippen LogP contribution in [0.4, 0.5) is 11.4 Å². The lowest BCUT2D eigenvalue weighted by Gasteiger charge is -2.16. The minimum atomic E-state index is -0.752. The van der Waals surface area contributed by atoms with E-state index in [4.69, 9.17) is 14.2 Å². The van der Waals surface area contributed by atoms with E-state index in [0.717, 1.165) is 0 Å². The standard InChI is InChI=1S/C24H24N2O5/c1-16(23(27)25-19-8-4-6-10-21(19)29-2)31-18-14-12-17(13-15-18)24(28)26-20-9-5-7-11-22(20)30-3/h4-16H,1-3H3,(H,25,27)(H,26,28)/t16-/m0/s1. The summed E-state index contributed by atoms with van der Waals surface area (Å²) in [5, 5.41) is 5.60. The topological polar surface area (TPSA) is 85.9 Å². The Hall–Kier alpha value is -4.00. The molecular weight excluding hydrogens is 396 g/mol. The minimum Gasteiger partial charge on any atom is -0.495 e. The second-order valence-electron chi connectivity index (χ2n) is 6.63. The van der Waals surface area contributed by atoms with Crippen LogP contribution < -0.4 is 24.8 Å². The summed E-state index contributed by atoms with van der Waals surface area (Å²) in [6.45, 7) is 1.65. The quantitative estimate of drug-likeness (QED) is 0.565. The summed E-state index contributed by atoms with van der Waals surface area (Å²) >= 11 is 0. The number of anilines is 2. The van der Waals surface area contributed by atoms with Gasteiger partial charge in [-0.15, -0.1) is 0 Å². The van der Waals surface area contributed by atoms with Crippen LogP contribution in [0.25, 0.3) is 0 Å². The molecule has 160 valence electrons. The van der Waals surface area contributed by atoms with Crippen LogP contribution in [0.3, 0.4) is 0 Å². The first-order valence-electron chi connectivity index (χ1n) is 9.66. The van der Waals surface area contributed by atoms with E-state index in [1.165, 1.54) is 7.11 Å². The second-order valence-corrected chi connectivity index (χ2v) is 6.63. The summed E-state index contributed by atoms with van der Waals surface area (Å²) in [5.74, 6) is 1.01. The third kappa shape index (κ3) is 5.54. The molecule has 31 heavy (non-hydrogen) atoms. The van der Waals surface area contributed by atoms with Crippen molar-refractivity contribution in [1.82, 2.24) is 0 Å². The van der Waals surface area contributed by atoms with Gasteiger partial charge in [-0.1, -0.05) is 24.3 Å². The van der Waals surface area contributed by atoms with Gasteiger partial charge in [0.05, 0.1) is 25.6 Å². The van der Waals surface area contributed by atoms with Gasteiger partial charge in [0.15, 0.2) is 6.10 Å². The van der Waals surface area contributed by atoms with E-state index in [1.54, 1.807) is 68.6 Å². The van der Waals surface area contributed by atoms with Gasteiger partial charge in [0.1, 0.15) is 17.2 Å². The maximum absolute atomic E-state index is 12.5. The first kappa shape index (κ1) is 21.7. The molecule has 0 heterocycles. The molecule has 0 aliphatic carbocycles. The van der Waals surface area contributed by atoms with Crippen molar-refractivity contribution < 1.29 is 23.8 Å². The third-order valence-electron chi connectivity index (χ3n) is 4.52. The molecule has 1 atom stereocenters. The summed E-state index contributed by atoms with van der Waals surface area (Å²) in [7, 11) is 3.08. The lowest BCUT2D eigenvalue weighted by Crippen LogP contribution is -2.30. The molecule has 2 N–H and O–H groups in total. The first-order valence-corrected chi connectivity index (χ1v) is 9.66. The average Bonchev–Trinajstić information content (AvgIpc) is 2.80. The van der Waals surface area contributed by atoms with Gasteiger partial charge in [-0.2, -0.15) is 0 Å². The van der Waals surface area contributed by atoms with Crippen molar-refractivity contribution in [3.05, 3.63) is 78.4 Å². The van der Waals surface area contributed by atoms with Gasteiger partial charge in [-0.25, -0.2) is 0 Å². The number of benzene rings is 3. The largest absolute Gasteiger partial charge is 0.495 e. The van der Waals surface area contributed by atoms with Crippen molar-refractivity contribution in [3.8, 4) is 17.2 Å². The van der Waals surface area contributed by atoms with E-state index < -0.39 is 6.10 Å². The zero-order valence-corrected chi connectivity index (χ0v) is 17.5. The van der Waals surface area contributed by atoms with Crippen LogP contribution >= 0.6 is 0 Å². The van der Waals surface area contributed by atoms with Gasteiger partial charge < -0.3 is 24.8 Å². The van der Waals surface area contributed by atoms with Crippen molar-refractivity contribution in [1.29, 1.82) is 0 Å². The van der Waals surface area contributed by atoms with E-state index in [9.17, 15) is 9.59 Å². The predicted octanol–water partition coefficient (Wildman–Crippen LogP) is 4.36. The van der Waals surface area contributed by atoms with Gasteiger partial charge >= 0.3 is 0 Å². The van der Waals surface area contributed by atoms with Gasteiger partial charge in [-0.05, 0) is 55.5 Å². The van der Waals surface area contributed by atoms with Crippen LogP contribution in [-0.2, 0) is 4.79 Å². The maximum atomic E-state index is 12.5. The molecular formula is C24H24N2O5. The van der Waals surface area contributed by atoms with E-state index >= 15 is 0 Å². The fourth-order valence-corrected chi connectivity index (χ4v) is 2.87. The minimum absolute atomic E-state index is 0.280. The Bertz CT molecular complexity index is 1050. The molecule has 0 aromatic heterocycles. The fraction of sp³-hybridized carbons (Fsp3) is 0.167. The van der Waals surface area contributed by atoms with Crippen molar-refractivity contribution in [3.63, 3.8) is 0 Å². The summed E-state index contributed by atoms with van der Waals surface area (Å²) in [5.41, 5.74) is 1.59. The highest BCUT2D eigenvalue weighted by molar-refractivity contribution is 6.05. The Morgan fingerprint density at radius 2 is 1.26 bits per heavy atom. The smallest absolute Gasteiger partial charge is 0.265 e. The zero-order valence-electron chi connectivity index (χ0n) is 17.5. The normalized spacial score (nSPS) is 11.2. The van der Waals surface area contributed by atoms with Gasteiger partial charge in [0.25, 0.3) is 11.8 Å². The molecule has 0 radical (unpaired) electrons. The highest BCUT2D eigenvalue weighted by Gasteiger charge is 2.17. The van der Waals surface area contributed by atoms with E-state index in [2.05, 4.69) is 10.6 Å². The fourth-order valence-electron chi connectivity index (χ4n) is 2.87. The molecule has 3 aromatic rings. The molecule has 0 saturated heterocycles. The number of carbonyl (C=O) groups excluding carboxylic acids is 2. The first-order chi connectivity index (χ1) is 15.0. The van der Waals surface area contributed by atoms with Crippen LogP contribution in [-0.4, -0.2) is 32.1 Å². The lowest BCUT2D eigenvalue weighted by atomic mass is 10.2. The Morgan fingerprint density at radius 1 is 0.742 bits per heavy atom. The Morgan fingerprint density at radius 3 is 1.81 bits per heavy atom. The van der Waals surface area contributed by atoms with Gasteiger partial charge in [0.2, 0.25) is 0 Å². The van der Waals surface area contributed by atoms with Crippen molar-refractivity contribution in [2.24, 2.45) is 0 Å². The van der Waals surface area contributed by atoms with Crippen LogP contribution in [0.15, 0.2) is 72.8 Å². The van der Waals surface area contributed by atoms with Crippen molar-refractivity contribution in [2.45, 2.75) is 13.0 Å². The van der Waals surface area contributed by atoms with Crippen LogP contribution in [0, 0.1) is 0 Å². The number of hydrogen-bond donors (Lipinski definition) is 2. The summed E-state index contributed by atoms with van der Waals surface area (Å²) < 4.78 is 16.2. The van der Waals surface area contributed by atoms with Crippen molar-refractivity contribution >= 4 is 23.2 Å². The molecule has 2 amide bonds. The zero-order chi connectivity index (χ0) is 22.2. The highest BCUT2D eigenvalue weighted by Crippen LogP contribution is 2.25. The maximum Gasteiger partial charge on any atom is 0.265 e. The molecule has 7 heteroatoms. The SMILES string of the molecule is COc1ccccc1NC(=O)c1ccc(O[C@@H](C)C(=O)Nc2ccccc2OC)cc1. The number of carbonyl (C=O) groups is 2. The number of nitrogens with one attached hydrogen (secondary N) is 2. The Balaban J connectivity index is 1.60. The summed E-state index contributed by atoms with van der Waals surface area (Å²) in [4.78, 5) is 25.0. The van der Waals surface area contributed by atoms with Crippen LogP contribution in [0.5, 0.6) is 17.2 Å². The molecule has 0 unspecified atom stereocenters. The molecule has 0 aliphatic heterocycles. The third-order valence-corrected chi connectivity index (χ3v) is 4.52. The number of hydrogen-bond acceptors (Lipinski definition) is 5. The Kier molecular flexibility index (Phi) is 7.11. The number of ether oxygens (including phenoxy) is 3. The van der Waals surface area contributed by atoms with Crippen LogP contribution in [0.2, 0.25) is 0 Å². The number of methoxy groups -OCH3 is 2.